The Morgan fingerprint density at radius 1 is 1.29 bits per heavy atom. The minimum Gasteiger partial charge on any atom is -0.490 e. The predicted molar refractivity (Wildman–Crippen MR) is 96.3 cm³/mol. The van der Waals surface area contributed by atoms with Crippen molar-refractivity contribution in [3.05, 3.63) is 30.0 Å². The van der Waals surface area contributed by atoms with Crippen LogP contribution >= 0.6 is 0 Å². The first-order valence-electron chi connectivity index (χ1n) is 9.03. The molecule has 0 aliphatic heterocycles. The molecule has 1 saturated carbocycles. The number of benzene rings is 1. The monoisotopic (exact) mass is 331 g/mol. The van der Waals surface area contributed by atoms with Crippen molar-refractivity contribution in [2.45, 2.75) is 52.7 Å². The Labute approximate surface area is 144 Å². The number of para-hydroxylation sites is 1. The fraction of sp³-hybridized carbons (Fsp3) is 0.600. The smallest absolute Gasteiger partial charge is 0.176 e. The van der Waals surface area contributed by atoms with Crippen LogP contribution in [0.2, 0.25) is 0 Å². The van der Waals surface area contributed by atoms with Crippen LogP contribution in [0.5, 0.6) is 5.75 Å². The van der Waals surface area contributed by atoms with Gasteiger partial charge >= 0.3 is 0 Å². The molecule has 1 aliphatic rings. The number of furan rings is 1. The lowest BCUT2D eigenvalue weighted by Crippen LogP contribution is -2.37. The molecule has 1 aliphatic carbocycles. The summed E-state index contributed by atoms with van der Waals surface area (Å²) in [4.78, 5) is 0. The Balaban J connectivity index is 1.70. The van der Waals surface area contributed by atoms with Crippen molar-refractivity contribution in [2.75, 3.05) is 13.2 Å². The minimum absolute atomic E-state index is 0.0466. The van der Waals surface area contributed by atoms with Gasteiger partial charge in [-0.15, -0.1) is 0 Å². The van der Waals surface area contributed by atoms with Gasteiger partial charge in [0.25, 0.3) is 0 Å². The molecule has 0 saturated heterocycles. The quantitative estimate of drug-likeness (QED) is 0.758. The molecule has 1 aromatic carbocycles. The summed E-state index contributed by atoms with van der Waals surface area (Å²) in [5.41, 5.74) is 0.858. The van der Waals surface area contributed by atoms with Crippen molar-refractivity contribution < 1.29 is 14.3 Å². The molecule has 1 heterocycles. The van der Waals surface area contributed by atoms with Gasteiger partial charge in [-0.2, -0.15) is 0 Å². The summed E-state index contributed by atoms with van der Waals surface area (Å²) in [7, 11) is 0. The van der Waals surface area contributed by atoms with E-state index in [1.807, 2.05) is 25.1 Å². The van der Waals surface area contributed by atoms with Gasteiger partial charge in [-0.1, -0.05) is 26.0 Å². The topological polar surface area (TPSA) is 54.6 Å². The first-order chi connectivity index (χ1) is 11.5. The lowest BCUT2D eigenvalue weighted by atomic mass is 9.90. The van der Waals surface area contributed by atoms with E-state index in [4.69, 9.17) is 9.15 Å². The van der Waals surface area contributed by atoms with Gasteiger partial charge in [-0.3, -0.25) is 0 Å². The number of aliphatic hydroxyl groups excluding tert-OH is 1. The van der Waals surface area contributed by atoms with Gasteiger partial charge in [-0.25, -0.2) is 0 Å². The summed E-state index contributed by atoms with van der Waals surface area (Å²) in [6.07, 6.45) is 1.96. The highest BCUT2D eigenvalue weighted by molar-refractivity contribution is 5.83. The Morgan fingerprint density at radius 2 is 2.04 bits per heavy atom. The summed E-state index contributed by atoms with van der Waals surface area (Å²) in [5, 5.41) is 15.0. The molecule has 2 N–H and O–H groups in total. The van der Waals surface area contributed by atoms with Crippen LogP contribution in [-0.4, -0.2) is 24.4 Å². The van der Waals surface area contributed by atoms with Crippen LogP contribution in [-0.2, 0) is 0 Å². The molecule has 4 nitrogen and oxygen atoms in total. The minimum atomic E-state index is -0.238. The van der Waals surface area contributed by atoms with E-state index in [1.165, 1.54) is 0 Å². The number of hydrogen-bond donors (Lipinski definition) is 2. The SMILES string of the molecule is CCOc1cccc2cc(C(C)NCC3(C(O)C(C)C)CC3)oc12. The maximum Gasteiger partial charge on any atom is 0.176 e. The van der Waals surface area contributed by atoms with Gasteiger partial charge in [-0.05, 0) is 44.7 Å². The predicted octanol–water partition coefficient (Wildman–Crippen LogP) is 4.28. The molecule has 2 aromatic rings. The van der Waals surface area contributed by atoms with Crippen LogP contribution in [0.15, 0.2) is 28.7 Å². The second-order valence-corrected chi connectivity index (χ2v) is 7.41. The van der Waals surface area contributed by atoms with Crippen LogP contribution in [0.1, 0.15) is 52.3 Å². The van der Waals surface area contributed by atoms with Gasteiger partial charge in [0.2, 0.25) is 0 Å². The van der Waals surface area contributed by atoms with E-state index in [0.717, 1.165) is 41.9 Å². The third kappa shape index (κ3) is 3.31. The lowest BCUT2D eigenvalue weighted by molar-refractivity contribution is 0.0488. The summed E-state index contributed by atoms with van der Waals surface area (Å²) in [6, 6.07) is 8.15. The number of nitrogens with one attached hydrogen (secondary N) is 1. The largest absolute Gasteiger partial charge is 0.490 e. The van der Waals surface area contributed by atoms with Crippen molar-refractivity contribution in [1.82, 2.24) is 5.32 Å². The molecule has 24 heavy (non-hydrogen) atoms. The van der Waals surface area contributed by atoms with Crippen LogP contribution < -0.4 is 10.1 Å². The molecule has 132 valence electrons. The first-order valence-corrected chi connectivity index (χ1v) is 9.03. The zero-order chi connectivity index (χ0) is 17.3. The van der Waals surface area contributed by atoms with Crippen LogP contribution in [0.25, 0.3) is 11.0 Å². The molecule has 0 spiro atoms. The van der Waals surface area contributed by atoms with E-state index in [1.54, 1.807) is 0 Å². The molecule has 4 heteroatoms. The third-order valence-electron chi connectivity index (χ3n) is 5.17. The standard InChI is InChI=1S/C20H29NO3/c1-5-23-16-8-6-7-15-11-17(24-18(15)16)14(4)21-12-20(9-10-20)19(22)13(2)3/h6-8,11,13-14,19,21-22H,5,9-10,12H2,1-4H3. The van der Waals surface area contributed by atoms with Crippen molar-refractivity contribution in [3.63, 3.8) is 0 Å². The zero-order valence-electron chi connectivity index (χ0n) is 15.1. The average molecular weight is 331 g/mol. The molecule has 1 aromatic heterocycles. The molecule has 3 rings (SSSR count). The van der Waals surface area contributed by atoms with E-state index in [2.05, 4.69) is 32.2 Å². The summed E-state index contributed by atoms with van der Waals surface area (Å²) >= 11 is 0. The number of rotatable bonds is 8. The van der Waals surface area contributed by atoms with Gasteiger partial charge in [0.15, 0.2) is 11.3 Å². The van der Waals surface area contributed by atoms with Crippen molar-refractivity contribution in [3.8, 4) is 5.75 Å². The molecule has 2 atom stereocenters. The molecule has 0 amide bonds. The van der Waals surface area contributed by atoms with Crippen molar-refractivity contribution >= 4 is 11.0 Å². The first kappa shape index (κ1) is 17.3. The second kappa shape index (κ2) is 6.77. The van der Waals surface area contributed by atoms with Gasteiger partial charge in [0.05, 0.1) is 18.8 Å². The zero-order valence-corrected chi connectivity index (χ0v) is 15.1. The summed E-state index contributed by atoms with van der Waals surface area (Å²) in [5.74, 6) is 2.00. The van der Waals surface area contributed by atoms with E-state index in [9.17, 15) is 5.11 Å². The molecule has 0 radical (unpaired) electrons. The Hall–Kier alpha value is -1.52. The Bertz CT molecular complexity index is 687. The van der Waals surface area contributed by atoms with Gasteiger partial charge in [0, 0.05) is 17.3 Å². The van der Waals surface area contributed by atoms with Gasteiger partial charge in [0.1, 0.15) is 5.76 Å². The average Bonchev–Trinajstić information content (AvgIpc) is 3.22. The van der Waals surface area contributed by atoms with Crippen LogP contribution in [0.3, 0.4) is 0 Å². The molecule has 0 bridgehead atoms. The van der Waals surface area contributed by atoms with Crippen molar-refractivity contribution in [2.24, 2.45) is 11.3 Å². The maximum absolute atomic E-state index is 10.4. The highest BCUT2D eigenvalue weighted by Gasteiger charge is 2.49. The van der Waals surface area contributed by atoms with Crippen LogP contribution in [0.4, 0.5) is 0 Å². The normalized spacial score (nSPS) is 18.8. The second-order valence-electron chi connectivity index (χ2n) is 7.41. The number of aliphatic hydroxyl groups is 1. The lowest BCUT2D eigenvalue weighted by Gasteiger charge is -2.27. The molecule has 1 fully saturated rings. The van der Waals surface area contributed by atoms with E-state index in [-0.39, 0.29) is 17.6 Å². The van der Waals surface area contributed by atoms with Crippen molar-refractivity contribution in [1.29, 1.82) is 0 Å². The Kier molecular flexibility index (Phi) is 4.88. The number of fused-ring (bicyclic) bond motifs is 1. The molecular weight excluding hydrogens is 302 g/mol. The Morgan fingerprint density at radius 3 is 2.67 bits per heavy atom. The fourth-order valence-corrected chi connectivity index (χ4v) is 3.44. The summed E-state index contributed by atoms with van der Waals surface area (Å²) in [6.45, 7) is 9.70. The van der Waals surface area contributed by atoms with E-state index < -0.39 is 0 Å². The third-order valence-corrected chi connectivity index (χ3v) is 5.17. The number of hydrogen-bond acceptors (Lipinski definition) is 4. The van der Waals surface area contributed by atoms with Gasteiger partial charge < -0.3 is 19.6 Å². The highest BCUT2D eigenvalue weighted by atomic mass is 16.5. The molecule has 2 unspecified atom stereocenters. The number of ether oxygens (including phenoxy) is 1. The van der Waals surface area contributed by atoms with E-state index in [0.29, 0.717) is 12.5 Å². The fourth-order valence-electron chi connectivity index (χ4n) is 3.44. The van der Waals surface area contributed by atoms with E-state index >= 15 is 0 Å². The highest BCUT2D eigenvalue weighted by Crippen LogP contribution is 2.50. The molecular formula is C20H29NO3. The maximum atomic E-state index is 10.4. The van der Waals surface area contributed by atoms with Crippen LogP contribution in [0, 0.1) is 11.3 Å². The summed E-state index contributed by atoms with van der Waals surface area (Å²) < 4.78 is 11.7.